The molecule has 3 rings (SSSR count). The third-order valence-electron chi connectivity index (χ3n) is 6.59. The molecule has 1 unspecified atom stereocenters. The highest BCUT2D eigenvalue weighted by Crippen LogP contribution is 2.36. The summed E-state index contributed by atoms with van der Waals surface area (Å²) in [7, 11) is 0. The predicted molar refractivity (Wildman–Crippen MR) is 134 cm³/mol. The van der Waals surface area contributed by atoms with Gasteiger partial charge in [-0.15, -0.1) is 0 Å². The summed E-state index contributed by atoms with van der Waals surface area (Å²) >= 11 is 0. The fraction of sp³-hybridized carbons (Fsp3) is 0.586. The minimum absolute atomic E-state index is 0.128. The molecule has 0 spiro atoms. The first-order valence-corrected chi connectivity index (χ1v) is 12.3. The zero-order valence-corrected chi connectivity index (χ0v) is 20.8. The van der Waals surface area contributed by atoms with Crippen LogP contribution in [0.25, 0.3) is 0 Å². The maximum Gasteiger partial charge on any atom is 0.119 e. The molecule has 0 bridgehead atoms. The Morgan fingerprint density at radius 3 is 2.16 bits per heavy atom. The summed E-state index contributed by atoms with van der Waals surface area (Å²) in [6.45, 7) is 14.6. The zero-order valence-electron chi connectivity index (χ0n) is 20.8. The smallest absolute Gasteiger partial charge is 0.119 e. The van der Waals surface area contributed by atoms with Crippen LogP contribution >= 0.6 is 0 Å². The van der Waals surface area contributed by atoms with E-state index in [9.17, 15) is 5.11 Å². The monoisotopic (exact) mass is 437 g/mol. The van der Waals surface area contributed by atoms with E-state index in [1.165, 1.54) is 30.4 Å². The molecule has 1 heterocycles. The number of piperidine rings is 1. The number of likely N-dealkylation sites (tertiary alicyclic amines) is 1. The van der Waals surface area contributed by atoms with Crippen LogP contribution in [0.2, 0.25) is 0 Å². The molecule has 0 aliphatic carbocycles. The van der Waals surface area contributed by atoms with Gasteiger partial charge in [-0.3, -0.25) is 0 Å². The van der Waals surface area contributed by atoms with E-state index in [2.05, 4.69) is 82.0 Å². The van der Waals surface area contributed by atoms with Crippen molar-refractivity contribution in [1.29, 1.82) is 0 Å². The molecule has 3 nitrogen and oxygen atoms in total. The molecule has 3 heteroatoms. The third kappa shape index (κ3) is 7.94. The fourth-order valence-corrected chi connectivity index (χ4v) is 5.29. The molecule has 32 heavy (non-hydrogen) atoms. The Bertz CT molecular complexity index is 799. The summed E-state index contributed by atoms with van der Waals surface area (Å²) in [5, 5.41) is 10.5. The van der Waals surface area contributed by atoms with Gasteiger partial charge in [0, 0.05) is 6.54 Å². The number of ether oxygens (including phenoxy) is 1. The Hall–Kier alpha value is -1.84. The van der Waals surface area contributed by atoms with Gasteiger partial charge in [-0.05, 0) is 78.8 Å². The molecule has 0 aromatic heterocycles. The minimum atomic E-state index is -0.460. The van der Waals surface area contributed by atoms with Crippen molar-refractivity contribution >= 4 is 0 Å². The molecule has 0 radical (unpaired) electrons. The molecule has 1 saturated heterocycles. The van der Waals surface area contributed by atoms with Crippen LogP contribution in [-0.4, -0.2) is 42.4 Å². The van der Waals surface area contributed by atoms with Crippen LogP contribution in [-0.2, 0) is 11.8 Å². The normalized spacial score (nSPS) is 17.3. The lowest BCUT2D eigenvalue weighted by atomic mass is 9.72. The lowest BCUT2D eigenvalue weighted by molar-refractivity contribution is 0.0550. The van der Waals surface area contributed by atoms with E-state index in [1.807, 2.05) is 12.1 Å². The first kappa shape index (κ1) is 24.8. The van der Waals surface area contributed by atoms with Crippen molar-refractivity contribution in [2.45, 2.75) is 71.8 Å². The van der Waals surface area contributed by atoms with Crippen molar-refractivity contribution in [3.8, 4) is 5.75 Å². The summed E-state index contributed by atoms with van der Waals surface area (Å²) < 4.78 is 5.90. The number of rotatable bonds is 9. The Labute approximate surface area is 195 Å². The highest BCUT2D eigenvalue weighted by atomic mass is 16.5. The van der Waals surface area contributed by atoms with E-state index in [1.54, 1.807) is 0 Å². The standard InChI is InChI=1S/C29H43NO2/c1-28(2,3)22-29(4,5)25-11-13-27(14-12-25)32-21-26(31)20-30-17-15-24(16-18-30)19-23-9-7-6-8-10-23/h6-14,24,26,31H,15-22H2,1-5H3. The van der Waals surface area contributed by atoms with Crippen molar-refractivity contribution < 1.29 is 9.84 Å². The number of benzene rings is 2. The zero-order chi connectivity index (χ0) is 23.2. The molecule has 1 N–H and O–H groups in total. The number of β-amino-alcohol motifs (C(OH)–C–C–N with tert-alkyl or cyclic N) is 1. The predicted octanol–water partition coefficient (Wildman–Crippen LogP) is 6.09. The van der Waals surface area contributed by atoms with Crippen LogP contribution in [0, 0.1) is 11.3 Å². The molecule has 2 aromatic carbocycles. The summed E-state index contributed by atoms with van der Waals surface area (Å²) in [5.41, 5.74) is 3.19. The SMILES string of the molecule is CC(C)(C)CC(C)(C)c1ccc(OCC(O)CN2CCC(Cc3ccccc3)CC2)cc1. The van der Waals surface area contributed by atoms with Crippen molar-refractivity contribution in [2.75, 3.05) is 26.2 Å². The Kier molecular flexibility index (Phi) is 8.41. The number of nitrogens with zero attached hydrogens (tertiary/aromatic N) is 1. The molecule has 1 aliphatic rings. The van der Waals surface area contributed by atoms with Gasteiger partial charge in [0.05, 0.1) is 0 Å². The summed E-state index contributed by atoms with van der Waals surface area (Å²) in [6, 6.07) is 19.2. The Morgan fingerprint density at radius 1 is 0.938 bits per heavy atom. The van der Waals surface area contributed by atoms with Gasteiger partial charge >= 0.3 is 0 Å². The summed E-state index contributed by atoms with van der Waals surface area (Å²) in [5.74, 6) is 1.59. The lowest BCUT2D eigenvalue weighted by Gasteiger charge is -2.33. The van der Waals surface area contributed by atoms with Gasteiger partial charge in [0.25, 0.3) is 0 Å². The molecular formula is C29H43NO2. The van der Waals surface area contributed by atoms with Gasteiger partial charge < -0.3 is 14.7 Å². The van der Waals surface area contributed by atoms with Crippen LogP contribution in [0.4, 0.5) is 0 Å². The average molecular weight is 438 g/mol. The van der Waals surface area contributed by atoms with E-state index in [0.717, 1.165) is 31.2 Å². The van der Waals surface area contributed by atoms with E-state index in [0.29, 0.717) is 18.6 Å². The molecule has 1 fully saturated rings. The molecule has 1 atom stereocenters. The van der Waals surface area contributed by atoms with E-state index >= 15 is 0 Å². The van der Waals surface area contributed by atoms with Crippen LogP contribution in [0.5, 0.6) is 5.75 Å². The highest BCUT2D eigenvalue weighted by Gasteiger charge is 2.27. The van der Waals surface area contributed by atoms with Gasteiger partial charge in [0.2, 0.25) is 0 Å². The number of hydrogen-bond acceptors (Lipinski definition) is 3. The van der Waals surface area contributed by atoms with Gasteiger partial charge in [0.1, 0.15) is 18.5 Å². The molecule has 1 aliphatic heterocycles. The largest absolute Gasteiger partial charge is 0.491 e. The van der Waals surface area contributed by atoms with Crippen LogP contribution < -0.4 is 4.74 Å². The second-order valence-electron chi connectivity index (χ2n) is 11.5. The van der Waals surface area contributed by atoms with E-state index < -0.39 is 6.10 Å². The van der Waals surface area contributed by atoms with Gasteiger partial charge in [0.15, 0.2) is 0 Å². The van der Waals surface area contributed by atoms with Gasteiger partial charge in [-0.1, -0.05) is 77.1 Å². The van der Waals surface area contributed by atoms with Gasteiger partial charge in [-0.25, -0.2) is 0 Å². The average Bonchev–Trinajstić information content (AvgIpc) is 2.73. The quantitative estimate of drug-likeness (QED) is 0.515. The number of aliphatic hydroxyl groups is 1. The molecule has 0 saturated carbocycles. The maximum absolute atomic E-state index is 10.5. The van der Waals surface area contributed by atoms with Crippen molar-refractivity contribution in [3.05, 3.63) is 65.7 Å². The van der Waals surface area contributed by atoms with E-state index in [4.69, 9.17) is 4.74 Å². The van der Waals surface area contributed by atoms with Crippen LogP contribution in [0.3, 0.4) is 0 Å². The molecule has 0 amide bonds. The third-order valence-corrected chi connectivity index (χ3v) is 6.59. The molecule has 2 aromatic rings. The van der Waals surface area contributed by atoms with Crippen molar-refractivity contribution in [3.63, 3.8) is 0 Å². The van der Waals surface area contributed by atoms with E-state index in [-0.39, 0.29) is 5.41 Å². The van der Waals surface area contributed by atoms with Crippen molar-refractivity contribution in [2.24, 2.45) is 11.3 Å². The van der Waals surface area contributed by atoms with Crippen LogP contribution in [0.15, 0.2) is 54.6 Å². The first-order chi connectivity index (χ1) is 15.1. The Balaban J connectivity index is 1.39. The molecular weight excluding hydrogens is 394 g/mol. The topological polar surface area (TPSA) is 32.7 Å². The first-order valence-electron chi connectivity index (χ1n) is 12.3. The van der Waals surface area contributed by atoms with Crippen LogP contribution in [0.1, 0.15) is 65.0 Å². The summed E-state index contributed by atoms with van der Waals surface area (Å²) in [6.07, 6.45) is 4.24. The number of hydrogen-bond donors (Lipinski definition) is 1. The second kappa shape index (κ2) is 10.9. The second-order valence-corrected chi connectivity index (χ2v) is 11.5. The lowest BCUT2D eigenvalue weighted by Crippen LogP contribution is -2.41. The fourth-order valence-electron chi connectivity index (χ4n) is 5.29. The maximum atomic E-state index is 10.5. The minimum Gasteiger partial charge on any atom is -0.491 e. The number of aliphatic hydroxyl groups excluding tert-OH is 1. The molecule has 176 valence electrons. The Morgan fingerprint density at radius 2 is 1.56 bits per heavy atom. The summed E-state index contributed by atoms with van der Waals surface area (Å²) in [4.78, 5) is 2.38. The van der Waals surface area contributed by atoms with Crippen molar-refractivity contribution in [1.82, 2.24) is 4.90 Å². The highest BCUT2D eigenvalue weighted by molar-refractivity contribution is 5.31. The van der Waals surface area contributed by atoms with Gasteiger partial charge in [-0.2, -0.15) is 0 Å².